The Bertz CT molecular complexity index is 928. The molecule has 4 aliphatic carbocycles. The molecule has 1 aromatic heterocycles. The Kier molecular flexibility index (Phi) is 5.01. The molecule has 2 aromatic rings. The van der Waals surface area contributed by atoms with Crippen LogP contribution in [-0.4, -0.2) is 33.4 Å². The van der Waals surface area contributed by atoms with Crippen molar-refractivity contribution >= 4 is 17.8 Å². The van der Waals surface area contributed by atoms with Gasteiger partial charge in [0, 0.05) is 11.5 Å². The molecular formula is C24H27N3O3. The molecule has 4 aliphatic rings. The first-order valence-electron chi connectivity index (χ1n) is 10.9. The number of ketones is 1. The van der Waals surface area contributed by atoms with E-state index in [1.54, 1.807) is 17.0 Å². The summed E-state index contributed by atoms with van der Waals surface area (Å²) in [5.41, 5.74) is 1.48. The second-order valence-electron chi connectivity index (χ2n) is 9.39. The maximum absolute atomic E-state index is 12.9. The lowest BCUT2D eigenvalue weighted by Crippen LogP contribution is -2.51. The van der Waals surface area contributed by atoms with Crippen LogP contribution < -0.4 is 0 Å². The van der Waals surface area contributed by atoms with Crippen molar-refractivity contribution in [1.29, 1.82) is 0 Å². The highest BCUT2D eigenvalue weighted by atomic mass is 16.5. The van der Waals surface area contributed by atoms with Crippen LogP contribution in [0.1, 0.15) is 49.8 Å². The fourth-order valence-corrected chi connectivity index (χ4v) is 6.18. The van der Waals surface area contributed by atoms with Gasteiger partial charge in [0.25, 0.3) is 0 Å². The number of hydrogen-bond acceptors (Lipinski definition) is 5. The molecule has 0 aliphatic heterocycles. The Morgan fingerprint density at radius 3 is 2.40 bits per heavy atom. The van der Waals surface area contributed by atoms with Crippen LogP contribution in [0.5, 0.6) is 0 Å². The average molecular weight is 405 g/mol. The van der Waals surface area contributed by atoms with Gasteiger partial charge in [0.2, 0.25) is 0 Å². The lowest BCUT2D eigenvalue weighted by Gasteiger charge is -2.55. The Morgan fingerprint density at radius 1 is 1.07 bits per heavy atom. The standard InChI is InChI=1S/C24H27N3O3/c28-22(24-11-18-8-19(12-24)10-20(9-18)13-24)16-30-23(29)7-6-21-15-27(26-25-21)14-17-4-2-1-3-5-17/h1-7,15,18-20H,8-14,16H2/b7-6+. The van der Waals surface area contributed by atoms with Gasteiger partial charge in [-0.15, -0.1) is 5.10 Å². The van der Waals surface area contributed by atoms with Crippen LogP contribution in [0, 0.1) is 23.2 Å². The van der Waals surface area contributed by atoms with E-state index in [1.807, 2.05) is 30.3 Å². The van der Waals surface area contributed by atoms with Crippen LogP contribution in [0.3, 0.4) is 0 Å². The van der Waals surface area contributed by atoms with Crippen molar-refractivity contribution in [2.45, 2.75) is 45.1 Å². The summed E-state index contributed by atoms with van der Waals surface area (Å²) in [5, 5.41) is 8.14. The van der Waals surface area contributed by atoms with E-state index in [0.29, 0.717) is 30.0 Å². The monoisotopic (exact) mass is 405 g/mol. The van der Waals surface area contributed by atoms with E-state index in [9.17, 15) is 9.59 Å². The summed E-state index contributed by atoms with van der Waals surface area (Å²) in [6.07, 6.45) is 11.5. The SMILES string of the molecule is O=C(/C=C/c1cn(Cc2ccccc2)nn1)OCC(=O)C12CC3CC(CC(C3)C1)C2. The van der Waals surface area contributed by atoms with Gasteiger partial charge in [0.05, 0.1) is 12.7 Å². The van der Waals surface area contributed by atoms with Gasteiger partial charge in [-0.25, -0.2) is 9.48 Å². The molecule has 4 saturated carbocycles. The number of Topliss-reactive ketones (excluding diaryl/α,β-unsaturated/α-hetero) is 1. The maximum Gasteiger partial charge on any atom is 0.331 e. The summed E-state index contributed by atoms with van der Waals surface area (Å²) in [7, 11) is 0. The minimum atomic E-state index is -0.509. The molecular weight excluding hydrogens is 378 g/mol. The number of esters is 1. The summed E-state index contributed by atoms with van der Waals surface area (Å²) in [6, 6.07) is 9.98. The third kappa shape index (κ3) is 3.95. The van der Waals surface area contributed by atoms with Gasteiger partial charge in [-0.2, -0.15) is 0 Å². The van der Waals surface area contributed by atoms with Crippen LogP contribution in [0.4, 0.5) is 0 Å². The van der Waals surface area contributed by atoms with Crippen LogP contribution in [0.2, 0.25) is 0 Å². The highest BCUT2D eigenvalue weighted by Gasteiger charge is 2.54. The smallest absolute Gasteiger partial charge is 0.331 e. The molecule has 4 bridgehead atoms. The van der Waals surface area contributed by atoms with Gasteiger partial charge in [-0.05, 0) is 67.9 Å². The van der Waals surface area contributed by atoms with E-state index in [-0.39, 0.29) is 17.8 Å². The van der Waals surface area contributed by atoms with Gasteiger partial charge >= 0.3 is 5.97 Å². The van der Waals surface area contributed by atoms with Gasteiger partial charge in [0.15, 0.2) is 12.4 Å². The quantitative estimate of drug-likeness (QED) is 0.519. The first kappa shape index (κ1) is 19.2. The number of rotatable bonds is 7. The fourth-order valence-electron chi connectivity index (χ4n) is 6.18. The van der Waals surface area contributed by atoms with E-state index >= 15 is 0 Å². The molecule has 0 spiro atoms. The van der Waals surface area contributed by atoms with E-state index < -0.39 is 5.97 Å². The average Bonchev–Trinajstić information content (AvgIpc) is 3.17. The zero-order valence-electron chi connectivity index (χ0n) is 17.1. The number of ether oxygens (including phenoxy) is 1. The predicted molar refractivity (Wildman–Crippen MR) is 111 cm³/mol. The van der Waals surface area contributed by atoms with Crippen molar-refractivity contribution in [2.24, 2.45) is 23.2 Å². The fraction of sp³-hybridized carbons (Fsp3) is 0.500. The van der Waals surface area contributed by atoms with Gasteiger partial charge in [-0.1, -0.05) is 35.5 Å². The van der Waals surface area contributed by atoms with Crippen molar-refractivity contribution in [3.8, 4) is 0 Å². The normalized spacial score (nSPS) is 29.4. The molecule has 156 valence electrons. The molecule has 30 heavy (non-hydrogen) atoms. The van der Waals surface area contributed by atoms with Crippen LogP contribution in [-0.2, 0) is 20.9 Å². The van der Waals surface area contributed by atoms with Crippen molar-refractivity contribution in [1.82, 2.24) is 15.0 Å². The second kappa shape index (κ2) is 7.82. The minimum Gasteiger partial charge on any atom is -0.455 e. The van der Waals surface area contributed by atoms with Crippen molar-refractivity contribution < 1.29 is 14.3 Å². The number of benzene rings is 1. The molecule has 6 nitrogen and oxygen atoms in total. The highest BCUT2D eigenvalue weighted by Crippen LogP contribution is 2.60. The first-order valence-corrected chi connectivity index (χ1v) is 10.9. The molecule has 0 radical (unpaired) electrons. The topological polar surface area (TPSA) is 74.1 Å². The molecule has 0 atom stereocenters. The predicted octanol–water partition coefficient (Wildman–Crippen LogP) is 3.67. The van der Waals surface area contributed by atoms with E-state index in [4.69, 9.17) is 4.74 Å². The third-order valence-electron chi connectivity index (χ3n) is 7.11. The molecule has 4 fully saturated rings. The maximum atomic E-state index is 12.9. The molecule has 6 rings (SSSR count). The second-order valence-corrected chi connectivity index (χ2v) is 9.39. The zero-order valence-corrected chi connectivity index (χ0v) is 17.1. The van der Waals surface area contributed by atoms with Crippen LogP contribution >= 0.6 is 0 Å². The number of aromatic nitrogens is 3. The molecule has 0 unspecified atom stereocenters. The Hall–Kier alpha value is -2.76. The van der Waals surface area contributed by atoms with Gasteiger partial charge < -0.3 is 4.74 Å². The summed E-state index contributed by atoms with van der Waals surface area (Å²) < 4.78 is 7.01. The van der Waals surface area contributed by atoms with E-state index in [1.165, 1.54) is 25.3 Å². The molecule has 0 amide bonds. The number of hydrogen-bond donors (Lipinski definition) is 0. The van der Waals surface area contributed by atoms with Crippen LogP contribution in [0.15, 0.2) is 42.6 Å². The summed E-state index contributed by atoms with van der Waals surface area (Å²) in [4.78, 5) is 25.1. The molecule has 1 heterocycles. The third-order valence-corrected chi connectivity index (χ3v) is 7.11. The molecule has 6 heteroatoms. The van der Waals surface area contributed by atoms with Crippen LogP contribution in [0.25, 0.3) is 6.08 Å². The number of nitrogens with zero attached hydrogens (tertiary/aromatic N) is 3. The Morgan fingerprint density at radius 2 is 1.73 bits per heavy atom. The van der Waals surface area contributed by atoms with Crippen molar-refractivity contribution in [2.75, 3.05) is 6.61 Å². The summed E-state index contributed by atoms with van der Waals surface area (Å²) >= 11 is 0. The van der Waals surface area contributed by atoms with Gasteiger partial charge in [0.1, 0.15) is 5.69 Å². The van der Waals surface area contributed by atoms with E-state index in [0.717, 1.165) is 24.8 Å². The lowest BCUT2D eigenvalue weighted by atomic mass is 9.48. The van der Waals surface area contributed by atoms with E-state index in [2.05, 4.69) is 10.3 Å². The Balaban J connectivity index is 1.13. The number of carbonyl (C=O) groups excluding carboxylic acids is 2. The molecule has 1 aromatic carbocycles. The van der Waals surface area contributed by atoms with Crippen molar-refractivity contribution in [3.63, 3.8) is 0 Å². The number of carbonyl (C=O) groups is 2. The Labute approximate surface area is 176 Å². The first-order chi connectivity index (χ1) is 14.6. The summed E-state index contributed by atoms with van der Waals surface area (Å²) in [5.74, 6) is 1.72. The van der Waals surface area contributed by atoms with Gasteiger partial charge in [-0.3, -0.25) is 4.79 Å². The lowest BCUT2D eigenvalue weighted by molar-refractivity contribution is -0.155. The molecule has 0 saturated heterocycles. The van der Waals surface area contributed by atoms with Crippen molar-refractivity contribution in [3.05, 3.63) is 53.9 Å². The highest BCUT2D eigenvalue weighted by molar-refractivity contribution is 5.91. The zero-order chi connectivity index (χ0) is 20.6. The minimum absolute atomic E-state index is 0.115. The molecule has 0 N–H and O–H groups in total. The largest absolute Gasteiger partial charge is 0.455 e. The summed E-state index contributed by atoms with van der Waals surface area (Å²) in [6.45, 7) is 0.502.